The summed E-state index contributed by atoms with van der Waals surface area (Å²) in [7, 11) is 0. The summed E-state index contributed by atoms with van der Waals surface area (Å²) in [5.74, 6) is -1.06. The van der Waals surface area contributed by atoms with Crippen LogP contribution in [0.3, 0.4) is 0 Å². The van der Waals surface area contributed by atoms with Gasteiger partial charge in [-0.2, -0.15) is 0 Å². The molecule has 0 aromatic rings. The van der Waals surface area contributed by atoms with E-state index in [1.54, 1.807) is 26.8 Å². The molecule has 1 aliphatic heterocycles. The largest absolute Gasteiger partial charge is 0.477 e. The Morgan fingerprint density at radius 1 is 1.32 bits per heavy atom. The van der Waals surface area contributed by atoms with E-state index >= 15 is 0 Å². The molecule has 0 bridgehead atoms. The second kappa shape index (κ2) is 6.56. The van der Waals surface area contributed by atoms with Crippen molar-refractivity contribution in [2.75, 3.05) is 13.2 Å². The van der Waals surface area contributed by atoms with E-state index in [9.17, 15) is 9.59 Å². The minimum Gasteiger partial charge on any atom is -0.477 e. The van der Waals surface area contributed by atoms with Crippen LogP contribution in [-0.2, 0) is 14.3 Å². The molecular weight excluding hydrogens is 250 g/mol. The van der Waals surface area contributed by atoms with Crippen LogP contribution in [0, 0.1) is 5.92 Å². The fourth-order valence-electron chi connectivity index (χ4n) is 1.70. The van der Waals surface area contributed by atoms with Gasteiger partial charge >= 0.3 is 12.1 Å². The number of allylic oxidation sites excluding steroid dienone is 1. The van der Waals surface area contributed by atoms with Crippen LogP contribution in [0.5, 0.6) is 0 Å². The number of hydrogen-bond donors (Lipinski definition) is 2. The summed E-state index contributed by atoms with van der Waals surface area (Å²) in [5, 5.41) is 11.4. The number of alkyl carbamates (subject to hydrolysis) is 1. The van der Waals surface area contributed by atoms with Crippen LogP contribution in [0.1, 0.15) is 33.6 Å². The molecule has 2 N–H and O–H groups in total. The van der Waals surface area contributed by atoms with Gasteiger partial charge < -0.3 is 14.6 Å². The van der Waals surface area contributed by atoms with E-state index in [1.807, 2.05) is 0 Å². The van der Waals surface area contributed by atoms with E-state index in [-0.39, 0.29) is 11.6 Å². The first kappa shape index (κ1) is 15.5. The van der Waals surface area contributed by atoms with Gasteiger partial charge in [-0.1, -0.05) is 0 Å². The lowest BCUT2D eigenvalue weighted by atomic mass is 9.99. The van der Waals surface area contributed by atoms with E-state index in [0.717, 1.165) is 12.8 Å². The van der Waals surface area contributed by atoms with E-state index in [2.05, 4.69) is 5.32 Å². The molecule has 19 heavy (non-hydrogen) atoms. The quantitative estimate of drug-likeness (QED) is 0.766. The third kappa shape index (κ3) is 6.24. The van der Waals surface area contributed by atoms with Crippen LogP contribution in [-0.4, -0.2) is 36.0 Å². The molecule has 0 unspecified atom stereocenters. The number of aliphatic carboxylic acids is 1. The van der Waals surface area contributed by atoms with Crippen molar-refractivity contribution in [3.63, 3.8) is 0 Å². The van der Waals surface area contributed by atoms with Gasteiger partial charge in [-0.15, -0.1) is 0 Å². The summed E-state index contributed by atoms with van der Waals surface area (Å²) < 4.78 is 10.2. The van der Waals surface area contributed by atoms with Crippen molar-refractivity contribution in [3.8, 4) is 0 Å². The van der Waals surface area contributed by atoms with E-state index in [1.165, 1.54) is 0 Å². The maximum Gasteiger partial charge on any atom is 0.412 e. The van der Waals surface area contributed by atoms with Crippen LogP contribution in [0.15, 0.2) is 11.8 Å². The standard InChI is InChI=1S/C13H21NO5/c1-13(2,3)19-12(17)14-10(11(15)16)8-9-4-6-18-7-5-9/h8-9H,4-7H2,1-3H3,(H,14,17)(H,15,16)/b10-8-. The van der Waals surface area contributed by atoms with Crippen LogP contribution in [0.4, 0.5) is 4.79 Å². The molecule has 1 fully saturated rings. The van der Waals surface area contributed by atoms with Crippen molar-refractivity contribution in [2.24, 2.45) is 5.92 Å². The Kier molecular flexibility index (Phi) is 5.35. The normalized spacial score (nSPS) is 17.9. The fourth-order valence-corrected chi connectivity index (χ4v) is 1.70. The Morgan fingerprint density at radius 3 is 2.37 bits per heavy atom. The van der Waals surface area contributed by atoms with Crippen molar-refractivity contribution in [3.05, 3.63) is 11.8 Å². The SMILES string of the molecule is CC(C)(C)OC(=O)N/C(=C\C1CCOCC1)C(=O)O. The molecule has 0 spiro atoms. The summed E-state index contributed by atoms with van der Waals surface area (Å²) in [6.45, 7) is 6.38. The molecule has 1 saturated heterocycles. The third-order valence-corrected chi connectivity index (χ3v) is 2.53. The highest BCUT2D eigenvalue weighted by Crippen LogP contribution is 2.17. The topological polar surface area (TPSA) is 84.9 Å². The molecular formula is C13H21NO5. The molecule has 1 aliphatic rings. The molecule has 0 radical (unpaired) electrons. The molecule has 0 aliphatic carbocycles. The average molecular weight is 271 g/mol. The Morgan fingerprint density at radius 2 is 1.89 bits per heavy atom. The molecule has 0 atom stereocenters. The minimum absolute atomic E-state index is 0.106. The number of carbonyl (C=O) groups is 2. The number of rotatable bonds is 3. The van der Waals surface area contributed by atoms with Gasteiger partial charge in [0.15, 0.2) is 0 Å². The van der Waals surface area contributed by atoms with Crippen molar-refractivity contribution >= 4 is 12.1 Å². The number of amides is 1. The van der Waals surface area contributed by atoms with Gasteiger partial charge in [-0.3, -0.25) is 5.32 Å². The molecule has 108 valence electrons. The summed E-state index contributed by atoms with van der Waals surface area (Å²) in [6.07, 6.45) is 2.32. The van der Waals surface area contributed by atoms with Crippen LogP contribution >= 0.6 is 0 Å². The fraction of sp³-hybridized carbons (Fsp3) is 0.692. The lowest BCUT2D eigenvalue weighted by molar-refractivity contribution is -0.133. The Bertz CT molecular complexity index is 364. The molecule has 1 amide bonds. The van der Waals surface area contributed by atoms with E-state index in [0.29, 0.717) is 13.2 Å². The number of carboxylic acids is 1. The summed E-state index contributed by atoms with van der Waals surface area (Å²) in [4.78, 5) is 22.7. The van der Waals surface area contributed by atoms with Crippen molar-refractivity contribution < 1.29 is 24.2 Å². The zero-order chi connectivity index (χ0) is 14.5. The lowest BCUT2D eigenvalue weighted by Gasteiger charge is -2.21. The van der Waals surface area contributed by atoms with Gasteiger partial charge in [0, 0.05) is 13.2 Å². The van der Waals surface area contributed by atoms with Crippen LogP contribution < -0.4 is 5.32 Å². The number of carbonyl (C=O) groups excluding carboxylic acids is 1. The van der Waals surface area contributed by atoms with Gasteiger partial charge in [0.25, 0.3) is 0 Å². The second-order valence-electron chi connectivity index (χ2n) is 5.46. The van der Waals surface area contributed by atoms with Gasteiger partial charge in [0.05, 0.1) is 0 Å². The lowest BCUT2D eigenvalue weighted by Crippen LogP contribution is -2.34. The molecule has 6 heteroatoms. The first-order valence-electron chi connectivity index (χ1n) is 6.31. The van der Waals surface area contributed by atoms with Gasteiger partial charge in [0.2, 0.25) is 0 Å². The monoisotopic (exact) mass is 271 g/mol. The number of nitrogens with one attached hydrogen (secondary N) is 1. The first-order chi connectivity index (χ1) is 8.78. The molecule has 0 saturated carbocycles. The third-order valence-electron chi connectivity index (χ3n) is 2.53. The second-order valence-corrected chi connectivity index (χ2v) is 5.46. The van der Waals surface area contributed by atoms with Crippen LogP contribution in [0.2, 0.25) is 0 Å². The molecule has 1 rings (SSSR count). The zero-order valence-corrected chi connectivity index (χ0v) is 11.6. The maximum absolute atomic E-state index is 11.6. The van der Waals surface area contributed by atoms with E-state index < -0.39 is 17.7 Å². The summed E-state index contributed by atoms with van der Waals surface area (Å²) in [5.41, 5.74) is -0.798. The van der Waals surface area contributed by atoms with Crippen molar-refractivity contribution in [2.45, 2.75) is 39.2 Å². The Hall–Kier alpha value is -1.56. The van der Waals surface area contributed by atoms with Crippen molar-refractivity contribution in [1.29, 1.82) is 0 Å². The van der Waals surface area contributed by atoms with E-state index in [4.69, 9.17) is 14.6 Å². The zero-order valence-electron chi connectivity index (χ0n) is 11.6. The van der Waals surface area contributed by atoms with Gasteiger partial charge in [-0.05, 0) is 45.6 Å². The maximum atomic E-state index is 11.6. The molecule has 6 nitrogen and oxygen atoms in total. The van der Waals surface area contributed by atoms with Crippen molar-refractivity contribution in [1.82, 2.24) is 5.32 Å². The highest BCUT2D eigenvalue weighted by Gasteiger charge is 2.21. The smallest absolute Gasteiger partial charge is 0.412 e. The Balaban J connectivity index is 2.64. The predicted molar refractivity (Wildman–Crippen MR) is 68.6 cm³/mol. The molecule has 0 aromatic heterocycles. The number of ether oxygens (including phenoxy) is 2. The number of carboxylic acid groups (broad SMARTS) is 1. The molecule has 1 heterocycles. The highest BCUT2D eigenvalue weighted by molar-refractivity contribution is 5.90. The first-order valence-corrected chi connectivity index (χ1v) is 6.31. The summed E-state index contributed by atoms with van der Waals surface area (Å²) in [6, 6.07) is 0. The minimum atomic E-state index is -1.17. The summed E-state index contributed by atoms with van der Waals surface area (Å²) >= 11 is 0. The predicted octanol–water partition coefficient (Wildman–Crippen LogP) is 1.91. The Labute approximate surface area is 112 Å². The number of hydrogen-bond acceptors (Lipinski definition) is 4. The van der Waals surface area contributed by atoms with Gasteiger partial charge in [0.1, 0.15) is 11.3 Å². The molecule has 0 aromatic carbocycles. The van der Waals surface area contributed by atoms with Crippen LogP contribution in [0.25, 0.3) is 0 Å². The highest BCUT2D eigenvalue weighted by atomic mass is 16.6. The van der Waals surface area contributed by atoms with Gasteiger partial charge in [-0.25, -0.2) is 9.59 Å². The average Bonchev–Trinajstić information content (AvgIpc) is 2.26.